The molecule has 0 spiro atoms. The van der Waals surface area contributed by atoms with Gasteiger partial charge in [-0.25, -0.2) is 9.78 Å². The van der Waals surface area contributed by atoms with Crippen molar-refractivity contribution in [2.75, 3.05) is 19.8 Å². The van der Waals surface area contributed by atoms with Crippen molar-refractivity contribution in [3.63, 3.8) is 0 Å². The molecule has 110 valence electrons. The van der Waals surface area contributed by atoms with Gasteiger partial charge in [-0.3, -0.25) is 9.36 Å². The number of para-hydroxylation sites is 1. The van der Waals surface area contributed by atoms with Crippen LogP contribution in [0.4, 0.5) is 0 Å². The first kappa shape index (κ1) is 14.7. The van der Waals surface area contributed by atoms with Crippen molar-refractivity contribution in [3.8, 4) is 5.69 Å². The van der Waals surface area contributed by atoms with Crippen LogP contribution < -0.4 is 5.32 Å². The molecular weight excluding hydrogens is 274 g/mol. The highest BCUT2D eigenvalue weighted by Crippen LogP contribution is 2.10. The smallest absolute Gasteiger partial charge is 0.329 e. The second-order valence-corrected chi connectivity index (χ2v) is 4.19. The minimum Gasteiger partial charge on any atom is -0.480 e. The lowest BCUT2D eigenvalue weighted by Crippen LogP contribution is -2.29. The molecule has 0 saturated carbocycles. The van der Waals surface area contributed by atoms with Crippen LogP contribution >= 0.6 is 0 Å². The number of hydrogen-bond donors (Lipinski definition) is 2. The van der Waals surface area contributed by atoms with Gasteiger partial charge in [0.2, 0.25) is 0 Å². The fourth-order valence-electron chi connectivity index (χ4n) is 1.74. The lowest BCUT2D eigenvalue weighted by atomic mass is 10.3. The topological polar surface area (TPSA) is 93.4 Å². The third-order valence-electron chi connectivity index (χ3n) is 2.66. The number of ether oxygens (including phenoxy) is 1. The van der Waals surface area contributed by atoms with Gasteiger partial charge in [-0.1, -0.05) is 18.2 Å². The maximum absolute atomic E-state index is 12.1. The van der Waals surface area contributed by atoms with E-state index in [1.165, 1.54) is 6.20 Å². The molecule has 0 atom stereocenters. The zero-order valence-corrected chi connectivity index (χ0v) is 11.2. The third kappa shape index (κ3) is 4.15. The predicted octanol–water partition coefficient (Wildman–Crippen LogP) is 0.703. The van der Waals surface area contributed by atoms with Crippen molar-refractivity contribution in [3.05, 3.63) is 48.5 Å². The Morgan fingerprint density at radius 1 is 1.29 bits per heavy atom. The van der Waals surface area contributed by atoms with E-state index in [4.69, 9.17) is 9.84 Å². The van der Waals surface area contributed by atoms with Gasteiger partial charge in [0, 0.05) is 12.2 Å². The summed E-state index contributed by atoms with van der Waals surface area (Å²) in [5.74, 6) is -1.33. The number of carbonyl (C=O) groups excluding carboxylic acids is 1. The number of benzene rings is 1. The van der Waals surface area contributed by atoms with E-state index in [9.17, 15) is 9.59 Å². The van der Waals surface area contributed by atoms with Gasteiger partial charge in [-0.2, -0.15) is 0 Å². The van der Waals surface area contributed by atoms with Crippen LogP contribution in [0.1, 0.15) is 10.5 Å². The summed E-state index contributed by atoms with van der Waals surface area (Å²) >= 11 is 0. The van der Waals surface area contributed by atoms with E-state index < -0.39 is 5.97 Å². The Hall–Kier alpha value is -2.67. The number of imidazole rings is 1. The number of carboxylic acid groups (broad SMARTS) is 1. The SMILES string of the molecule is O=C(O)COCCNC(=O)c1cncn1-c1ccccc1. The normalized spacial score (nSPS) is 10.3. The molecule has 7 heteroatoms. The zero-order valence-electron chi connectivity index (χ0n) is 11.2. The summed E-state index contributed by atoms with van der Waals surface area (Å²) in [5.41, 5.74) is 1.24. The van der Waals surface area contributed by atoms with Gasteiger partial charge < -0.3 is 15.2 Å². The summed E-state index contributed by atoms with van der Waals surface area (Å²) in [6.07, 6.45) is 3.03. The Morgan fingerprint density at radius 2 is 2.05 bits per heavy atom. The Kier molecular flexibility index (Phi) is 5.05. The summed E-state index contributed by atoms with van der Waals surface area (Å²) in [6, 6.07) is 9.37. The van der Waals surface area contributed by atoms with Crippen molar-refractivity contribution in [1.29, 1.82) is 0 Å². The van der Waals surface area contributed by atoms with E-state index >= 15 is 0 Å². The first-order chi connectivity index (χ1) is 10.2. The van der Waals surface area contributed by atoms with Gasteiger partial charge in [-0.15, -0.1) is 0 Å². The molecule has 1 aromatic heterocycles. The standard InChI is InChI=1S/C14H15N3O4/c18-13(19)9-21-7-6-16-14(20)12-8-15-10-17(12)11-4-2-1-3-5-11/h1-5,8,10H,6-7,9H2,(H,16,20)(H,18,19). The molecule has 1 heterocycles. The molecule has 0 aliphatic rings. The van der Waals surface area contributed by atoms with Crippen molar-refractivity contribution in [1.82, 2.24) is 14.9 Å². The second kappa shape index (κ2) is 7.20. The number of aromatic nitrogens is 2. The summed E-state index contributed by atoms with van der Waals surface area (Å²) < 4.78 is 6.52. The monoisotopic (exact) mass is 289 g/mol. The van der Waals surface area contributed by atoms with Crippen molar-refractivity contribution in [2.24, 2.45) is 0 Å². The molecule has 0 unspecified atom stereocenters. The molecule has 0 aliphatic carbocycles. The Morgan fingerprint density at radius 3 is 2.76 bits per heavy atom. The predicted molar refractivity (Wildman–Crippen MR) is 74.4 cm³/mol. The molecular formula is C14H15N3O4. The highest BCUT2D eigenvalue weighted by molar-refractivity contribution is 5.92. The summed E-state index contributed by atoms with van der Waals surface area (Å²) in [4.78, 5) is 26.3. The van der Waals surface area contributed by atoms with Gasteiger partial charge in [0.25, 0.3) is 5.91 Å². The second-order valence-electron chi connectivity index (χ2n) is 4.19. The zero-order chi connectivity index (χ0) is 15.1. The largest absolute Gasteiger partial charge is 0.480 e. The van der Waals surface area contributed by atoms with Crippen LogP contribution in [0.15, 0.2) is 42.9 Å². The number of amides is 1. The molecule has 2 N–H and O–H groups in total. The summed E-state index contributed by atoms with van der Waals surface area (Å²) in [6.45, 7) is -0.0125. The molecule has 1 aromatic carbocycles. The Labute approximate surface area is 121 Å². The Balaban J connectivity index is 1.92. The van der Waals surface area contributed by atoms with Crippen LogP contribution in [0.5, 0.6) is 0 Å². The molecule has 2 rings (SSSR count). The number of nitrogens with zero attached hydrogens (tertiary/aromatic N) is 2. The molecule has 0 fully saturated rings. The van der Waals surface area contributed by atoms with E-state index in [0.29, 0.717) is 5.69 Å². The Bertz CT molecular complexity index is 610. The minimum atomic E-state index is -1.04. The van der Waals surface area contributed by atoms with Gasteiger partial charge >= 0.3 is 5.97 Å². The summed E-state index contributed by atoms with van der Waals surface area (Å²) in [7, 11) is 0. The number of nitrogens with one attached hydrogen (secondary N) is 1. The molecule has 7 nitrogen and oxygen atoms in total. The molecule has 0 aliphatic heterocycles. The molecule has 2 aromatic rings. The number of carboxylic acids is 1. The third-order valence-corrected chi connectivity index (χ3v) is 2.66. The first-order valence-electron chi connectivity index (χ1n) is 6.34. The number of rotatable bonds is 7. The molecule has 0 saturated heterocycles. The minimum absolute atomic E-state index is 0.136. The lowest BCUT2D eigenvalue weighted by molar-refractivity contribution is -0.142. The lowest BCUT2D eigenvalue weighted by Gasteiger charge is -2.08. The van der Waals surface area contributed by atoms with E-state index in [1.54, 1.807) is 10.9 Å². The summed E-state index contributed by atoms with van der Waals surface area (Å²) in [5, 5.41) is 11.1. The fourth-order valence-corrected chi connectivity index (χ4v) is 1.74. The number of aliphatic carboxylic acids is 1. The molecule has 0 bridgehead atoms. The van der Waals surface area contributed by atoms with Crippen molar-refractivity contribution in [2.45, 2.75) is 0 Å². The number of carbonyl (C=O) groups is 2. The van der Waals surface area contributed by atoms with Crippen LogP contribution in [0.2, 0.25) is 0 Å². The molecule has 1 amide bonds. The van der Waals surface area contributed by atoms with Gasteiger partial charge in [0.15, 0.2) is 0 Å². The fraction of sp³-hybridized carbons (Fsp3) is 0.214. The number of hydrogen-bond acceptors (Lipinski definition) is 4. The van der Waals surface area contributed by atoms with Crippen molar-refractivity contribution < 1.29 is 19.4 Å². The maximum atomic E-state index is 12.1. The van der Waals surface area contributed by atoms with Crippen molar-refractivity contribution >= 4 is 11.9 Å². The van der Waals surface area contributed by atoms with Crippen LogP contribution in [0, 0.1) is 0 Å². The highest BCUT2D eigenvalue weighted by atomic mass is 16.5. The van der Waals surface area contributed by atoms with Gasteiger partial charge in [0.05, 0.1) is 19.1 Å². The highest BCUT2D eigenvalue weighted by Gasteiger charge is 2.12. The molecule has 0 radical (unpaired) electrons. The average Bonchev–Trinajstić information content (AvgIpc) is 2.97. The van der Waals surface area contributed by atoms with Crippen LogP contribution in [-0.2, 0) is 9.53 Å². The maximum Gasteiger partial charge on any atom is 0.329 e. The van der Waals surface area contributed by atoms with Crippen LogP contribution in [0.3, 0.4) is 0 Å². The van der Waals surface area contributed by atoms with E-state index in [2.05, 4.69) is 10.3 Å². The van der Waals surface area contributed by atoms with Crippen LogP contribution in [0.25, 0.3) is 5.69 Å². The molecule has 21 heavy (non-hydrogen) atoms. The van der Waals surface area contributed by atoms with E-state index in [-0.39, 0.29) is 25.7 Å². The van der Waals surface area contributed by atoms with E-state index in [0.717, 1.165) is 5.69 Å². The van der Waals surface area contributed by atoms with Gasteiger partial charge in [-0.05, 0) is 12.1 Å². The van der Waals surface area contributed by atoms with Crippen LogP contribution in [-0.4, -0.2) is 46.3 Å². The average molecular weight is 289 g/mol. The first-order valence-corrected chi connectivity index (χ1v) is 6.34. The van der Waals surface area contributed by atoms with Gasteiger partial charge in [0.1, 0.15) is 12.3 Å². The van der Waals surface area contributed by atoms with E-state index in [1.807, 2.05) is 30.3 Å². The quantitative estimate of drug-likeness (QED) is 0.732.